The number of hydrogen-bond acceptors (Lipinski definition) is 3. The third-order valence-corrected chi connectivity index (χ3v) is 2.57. The second-order valence-electron chi connectivity index (χ2n) is 3.63. The van der Waals surface area contributed by atoms with Crippen molar-refractivity contribution in [2.24, 2.45) is 7.05 Å². The predicted molar refractivity (Wildman–Crippen MR) is 59.4 cm³/mol. The molecule has 2 aromatic rings. The fraction of sp³-hybridized carbons (Fsp3) is 0.182. The van der Waals surface area contributed by atoms with E-state index in [2.05, 4.69) is 4.98 Å². The molecule has 17 heavy (non-hydrogen) atoms. The standard InChI is InChI=1S/C11H10N4O2/c1-14-10(16)9(13-12)11(17)15(14)7-8-5-3-2-4-6-8/h2-6H,7H2,1H3. The first kappa shape index (κ1) is 11.0. The van der Waals surface area contributed by atoms with Gasteiger partial charge in [-0.25, -0.2) is 4.68 Å². The molecular formula is C11H10N4O2. The molecule has 0 aliphatic rings. The molecule has 0 fully saturated rings. The lowest BCUT2D eigenvalue weighted by atomic mass is 10.2. The molecule has 0 unspecified atom stereocenters. The summed E-state index contributed by atoms with van der Waals surface area (Å²) in [7, 11) is 1.46. The van der Waals surface area contributed by atoms with E-state index in [1.165, 1.54) is 11.7 Å². The maximum Gasteiger partial charge on any atom is 0.460 e. The van der Waals surface area contributed by atoms with E-state index in [0.29, 0.717) is 0 Å². The zero-order chi connectivity index (χ0) is 12.4. The molecule has 0 aliphatic heterocycles. The van der Waals surface area contributed by atoms with Crippen molar-refractivity contribution in [1.82, 2.24) is 9.36 Å². The van der Waals surface area contributed by atoms with Crippen LogP contribution in [-0.4, -0.2) is 9.36 Å². The summed E-state index contributed by atoms with van der Waals surface area (Å²) in [5, 5.41) is 20.1. The Morgan fingerprint density at radius 2 is 2.00 bits per heavy atom. The van der Waals surface area contributed by atoms with Gasteiger partial charge in [0.25, 0.3) is 0 Å². The highest BCUT2D eigenvalue weighted by Crippen LogP contribution is 2.18. The number of aromatic nitrogens is 2. The smallest absolute Gasteiger partial charge is 0.460 e. The highest BCUT2D eigenvalue weighted by atomic mass is 16.3. The fourth-order valence-electron chi connectivity index (χ4n) is 1.63. The molecule has 0 spiro atoms. The Labute approximate surface area is 97.0 Å². The first-order valence-electron chi connectivity index (χ1n) is 5.01. The molecule has 0 saturated carbocycles. The van der Waals surface area contributed by atoms with Gasteiger partial charge in [0.1, 0.15) is 0 Å². The van der Waals surface area contributed by atoms with Crippen LogP contribution in [-0.2, 0) is 13.6 Å². The maximum atomic E-state index is 11.7. The first-order chi connectivity index (χ1) is 8.15. The Morgan fingerprint density at radius 3 is 2.53 bits per heavy atom. The van der Waals surface area contributed by atoms with E-state index < -0.39 is 17.1 Å². The summed E-state index contributed by atoms with van der Waals surface area (Å²) in [6.07, 6.45) is 0. The summed E-state index contributed by atoms with van der Waals surface area (Å²) in [6.45, 7) is 0.265. The minimum Gasteiger partial charge on any atom is -0.853 e. The minimum atomic E-state index is -0.603. The highest BCUT2D eigenvalue weighted by molar-refractivity contribution is 5.50. The van der Waals surface area contributed by atoms with E-state index in [-0.39, 0.29) is 6.54 Å². The van der Waals surface area contributed by atoms with Crippen molar-refractivity contribution in [3.8, 4) is 5.88 Å². The largest absolute Gasteiger partial charge is 0.853 e. The fourth-order valence-corrected chi connectivity index (χ4v) is 1.63. The van der Waals surface area contributed by atoms with Gasteiger partial charge in [-0.05, 0) is 5.56 Å². The monoisotopic (exact) mass is 230 g/mol. The van der Waals surface area contributed by atoms with Crippen molar-refractivity contribution in [3.63, 3.8) is 0 Å². The molecule has 1 aromatic carbocycles. The Balaban J connectivity index is 2.49. The van der Waals surface area contributed by atoms with E-state index >= 15 is 0 Å². The third kappa shape index (κ3) is 1.78. The zero-order valence-electron chi connectivity index (χ0n) is 9.20. The van der Waals surface area contributed by atoms with Crippen LogP contribution in [0.25, 0.3) is 4.98 Å². The van der Waals surface area contributed by atoms with Gasteiger partial charge in [0.15, 0.2) is 4.98 Å². The topological polar surface area (TPSA) is 78.1 Å². The number of benzene rings is 1. The second-order valence-corrected chi connectivity index (χ2v) is 3.63. The van der Waals surface area contributed by atoms with Gasteiger partial charge in [-0.1, -0.05) is 30.3 Å². The molecule has 2 rings (SSSR count). The van der Waals surface area contributed by atoms with Crippen LogP contribution in [0.2, 0.25) is 0 Å². The van der Waals surface area contributed by atoms with Gasteiger partial charge < -0.3 is 5.11 Å². The zero-order valence-corrected chi connectivity index (χ0v) is 9.20. The van der Waals surface area contributed by atoms with E-state index in [4.69, 9.17) is 5.39 Å². The van der Waals surface area contributed by atoms with Crippen molar-refractivity contribution in [1.29, 1.82) is 5.39 Å². The molecular weight excluding hydrogens is 220 g/mol. The van der Waals surface area contributed by atoms with Gasteiger partial charge in [0.2, 0.25) is 5.39 Å². The second kappa shape index (κ2) is 4.14. The summed E-state index contributed by atoms with van der Waals surface area (Å²) in [4.78, 5) is 14.5. The van der Waals surface area contributed by atoms with Crippen molar-refractivity contribution in [2.75, 3.05) is 0 Å². The van der Waals surface area contributed by atoms with Crippen LogP contribution in [0.15, 0.2) is 35.1 Å². The average Bonchev–Trinajstić information content (AvgIpc) is 2.55. The maximum absolute atomic E-state index is 11.7. The van der Waals surface area contributed by atoms with Crippen molar-refractivity contribution >= 4 is 5.69 Å². The summed E-state index contributed by atoms with van der Waals surface area (Å²) >= 11 is 0. The Bertz CT molecular complexity index is 634. The molecule has 0 saturated heterocycles. The van der Waals surface area contributed by atoms with Crippen LogP contribution >= 0.6 is 0 Å². The Hall–Kier alpha value is -2.55. The van der Waals surface area contributed by atoms with Crippen LogP contribution in [0.5, 0.6) is 5.88 Å². The van der Waals surface area contributed by atoms with Crippen LogP contribution < -0.4 is 10.7 Å². The number of diazo groups is 1. The van der Waals surface area contributed by atoms with Gasteiger partial charge >= 0.3 is 11.2 Å². The number of nitrogens with zero attached hydrogens (tertiary/aromatic N) is 4. The summed E-state index contributed by atoms with van der Waals surface area (Å²) in [6, 6.07) is 9.25. The molecule has 0 amide bonds. The van der Waals surface area contributed by atoms with Crippen LogP contribution in [0.1, 0.15) is 5.56 Å². The van der Waals surface area contributed by atoms with Gasteiger partial charge in [0, 0.05) is 7.05 Å². The lowest BCUT2D eigenvalue weighted by Crippen LogP contribution is -2.22. The molecule has 6 heteroatoms. The van der Waals surface area contributed by atoms with Crippen molar-refractivity contribution in [3.05, 3.63) is 51.2 Å². The van der Waals surface area contributed by atoms with Gasteiger partial charge in [-0.3, -0.25) is 9.48 Å². The lowest BCUT2D eigenvalue weighted by Gasteiger charge is -2.10. The van der Waals surface area contributed by atoms with Crippen LogP contribution in [0, 0.1) is 5.39 Å². The van der Waals surface area contributed by atoms with Gasteiger partial charge in [0.05, 0.1) is 12.4 Å². The van der Waals surface area contributed by atoms with Crippen molar-refractivity contribution in [2.45, 2.75) is 6.54 Å². The normalized spacial score (nSPS) is 10.1. The molecule has 1 heterocycles. The molecule has 1 aromatic heterocycles. The molecule has 0 radical (unpaired) electrons. The van der Waals surface area contributed by atoms with Crippen LogP contribution in [0.3, 0.4) is 0 Å². The molecule has 6 nitrogen and oxygen atoms in total. The van der Waals surface area contributed by atoms with Crippen molar-refractivity contribution < 1.29 is 5.11 Å². The summed E-state index contributed by atoms with van der Waals surface area (Å²) < 4.78 is 2.37. The molecule has 0 aliphatic carbocycles. The van der Waals surface area contributed by atoms with E-state index in [1.807, 2.05) is 30.3 Å². The van der Waals surface area contributed by atoms with Gasteiger partial charge in [-0.2, -0.15) is 0 Å². The summed E-state index contributed by atoms with van der Waals surface area (Å²) in [5.41, 5.74) is -0.160. The Morgan fingerprint density at radius 1 is 1.35 bits per heavy atom. The molecule has 86 valence electrons. The van der Waals surface area contributed by atoms with E-state index in [9.17, 15) is 9.90 Å². The minimum absolute atomic E-state index is 0.265. The third-order valence-electron chi connectivity index (χ3n) is 2.57. The van der Waals surface area contributed by atoms with E-state index in [0.717, 1.165) is 10.2 Å². The Kier molecular flexibility index (Phi) is 2.66. The van der Waals surface area contributed by atoms with Crippen LogP contribution in [0.4, 0.5) is 5.69 Å². The SMILES string of the molecule is Cn1c([O-])c([N+]#N)c(=O)n1Cc1ccccc1. The predicted octanol–water partition coefficient (Wildman–Crippen LogP) is 0.793. The number of rotatable bonds is 2. The highest BCUT2D eigenvalue weighted by Gasteiger charge is 2.22. The van der Waals surface area contributed by atoms with Gasteiger partial charge in [-0.15, -0.1) is 0 Å². The molecule has 0 N–H and O–H groups in total. The molecule has 0 bridgehead atoms. The molecule has 0 atom stereocenters. The number of hydrogen-bond donors (Lipinski definition) is 0. The quantitative estimate of drug-likeness (QED) is 0.715. The first-order valence-corrected chi connectivity index (χ1v) is 5.01. The van der Waals surface area contributed by atoms with E-state index in [1.54, 1.807) is 0 Å². The summed E-state index contributed by atoms with van der Waals surface area (Å²) in [5.74, 6) is -0.603. The average molecular weight is 230 g/mol. The lowest BCUT2D eigenvalue weighted by molar-refractivity contribution is -0.278.